The Labute approximate surface area is 158 Å². The van der Waals surface area contributed by atoms with Crippen LogP contribution in [0.2, 0.25) is 0 Å². The number of aryl methyl sites for hydroxylation is 1. The minimum Gasteiger partial charge on any atom is -0.352 e. The molecule has 2 heterocycles. The number of carbonyl (C=O) groups is 1. The Bertz CT molecular complexity index is 851. The molecule has 0 unspecified atom stereocenters. The Morgan fingerprint density at radius 1 is 1.08 bits per heavy atom. The Morgan fingerprint density at radius 3 is 2.65 bits per heavy atom. The monoisotopic (exact) mass is 363 g/mol. The molecule has 0 saturated carbocycles. The quantitative estimate of drug-likeness (QED) is 0.642. The molecule has 1 amide bonds. The third-order valence-corrected chi connectivity index (χ3v) is 4.81. The highest BCUT2D eigenvalue weighted by Gasteiger charge is 2.05. The molecule has 132 valence electrons. The van der Waals surface area contributed by atoms with Crippen molar-refractivity contribution in [3.8, 4) is 11.3 Å². The maximum absolute atomic E-state index is 12.1. The van der Waals surface area contributed by atoms with E-state index in [9.17, 15) is 4.79 Å². The van der Waals surface area contributed by atoms with Crippen LogP contribution in [0.3, 0.4) is 0 Å². The van der Waals surface area contributed by atoms with E-state index < -0.39 is 0 Å². The number of rotatable bonds is 7. The van der Waals surface area contributed by atoms with E-state index in [1.165, 1.54) is 10.5 Å². The molecular weight excluding hydrogens is 342 g/mol. The molecular formula is C21H21N3OS. The first kappa shape index (κ1) is 18.1. The first-order valence-corrected chi connectivity index (χ1v) is 9.72. The highest BCUT2D eigenvalue weighted by molar-refractivity contribution is 7.98. The number of hydrogen-bond donors (Lipinski definition) is 1. The third-order valence-electron chi connectivity index (χ3n) is 4.07. The van der Waals surface area contributed by atoms with Crippen molar-refractivity contribution in [1.82, 2.24) is 15.3 Å². The Kier molecular flexibility index (Phi) is 6.39. The molecule has 26 heavy (non-hydrogen) atoms. The molecule has 1 N–H and O–H groups in total. The van der Waals surface area contributed by atoms with Gasteiger partial charge in [-0.2, -0.15) is 0 Å². The number of hydrogen-bond acceptors (Lipinski definition) is 4. The summed E-state index contributed by atoms with van der Waals surface area (Å²) in [5.74, 6) is 0.0543. The van der Waals surface area contributed by atoms with Crippen LogP contribution in [0.25, 0.3) is 11.3 Å². The average molecular weight is 363 g/mol. The van der Waals surface area contributed by atoms with Crippen molar-refractivity contribution in [2.45, 2.75) is 24.3 Å². The summed E-state index contributed by atoms with van der Waals surface area (Å²) < 4.78 is 0. The lowest BCUT2D eigenvalue weighted by atomic mass is 10.1. The highest BCUT2D eigenvalue weighted by Crippen LogP contribution is 2.17. The maximum Gasteiger partial charge on any atom is 0.220 e. The van der Waals surface area contributed by atoms with E-state index in [1.807, 2.05) is 24.3 Å². The van der Waals surface area contributed by atoms with E-state index in [2.05, 4.69) is 45.8 Å². The molecule has 3 aromatic rings. The minimum absolute atomic E-state index is 0.0543. The summed E-state index contributed by atoms with van der Waals surface area (Å²) in [6.45, 7) is 0.500. The molecule has 0 atom stereocenters. The summed E-state index contributed by atoms with van der Waals surface area (Å²) in [6.07, 6.45) is 8.57. The summed E-state index contributed by atoms with van der Waals surface area (Å²) in [6, 6.07) is 16.1. The van der Waals surface area contributed by atoms with Gasteiger partial charge in [-0.05, 0) is 60.2 Å². The van der Waals surface area contributed by atoms with E-state index in [0.29, 0.717) is 13.0 Å². The molecule has 4 nitrogen and oxygen atoms in total. The van der Waals surface area contributed by atoms with Crippen LogP contribution in [0.1, 0.15) is 17.5 Å². The standard InChI is InChI=1S/C21H21N3OS/c1-26-19-7-4-16(5-8-19)6-9-21(25)24-14-17-10-12-23-20(13-17)18-3-2-11-22-15-18/h2-5,7-8,10-13,15H,6,9,14H2,1H3,(H,24,25). The molecule has 0 radical (unpaired) electrons. The Hall–Kier alpha value is -2.66. The second-order valence-corrected chi connectivity index (χ2v) is 6.80. The topological polar surface area (TPSA) is 54.9 Å². The lowest BCUT2D eigenvalue weighted by Crippen LogP contribution is -2.23. The molecule has 5 heteroatoms. The van der Waals surface area contributed by atoms with Gasteiger partial charge in [0.2, 0.25) is 5.91 Å². The molecule has 0 aliphatic heterocycles. The van der Waals surface area contributed by atoms with E-state index in [-0.39, 0.29) is 5.91 Å². The van der Waals surface area contributed by atoms with Gasteiger partial charge in [0.15, 0.2) is 0 Å². The fraction of sp³-hybridized carbons (Fsp3) is 0.190. The number of nitrogens with one attached hydrogen (secondary N) is 1. The largest absolute Gasteiger partial charge is 0.352 e. The van der Waals surface area contributed by atoms with E-state index in [4.69, 9.17) is 0 Å². The van der Waals surface area contributed by atoms with Crippen LogP contribution in [0.4, 0.5) is 0 Å². The van der Waals surface area contributed by atoms with Crippen molar-refractivity contribution >= 4 is 17.7 Å². The predicted molar refractivity (Wildman–Crippen MR) is 106 cm³/mol. The van der Waals surface area contributed by atoms with Gasteiger partial charge in [0.05, 0.1) is 5.69 Å². The van der Waals surface area contributed by atoms with Crippen LogP contribution < -0.4 is 5.32 Å². The second kappa shape index (κ2) is 9.15. The lowest BCUT2D eigenvalue weighted by molar-refractivity contribution is -0.121. The molecule has 0 aliphatic rings. The van der Waals surface area contributed by atoms with Gasteiger partial charge in [0.25, 0.3) is 0 Å². The van der Waals surface area contributed by atoms with Crippen molar-refractivity contribution in [2.75, 3.05) is 6.26 Å². The van der Waals surface area contributed by atoms with Gasteiger partial charge in [-0.15, -0.1) is 11.8 Å². The number of amides is 1. The molecule has 0 spiro atoms. The number of benzene rings is 1. The van der Waals surface area contributed by atoms with Crippen molar-refractivity contribution in [3.05, 3.63) is 78.2 Å². The zero-order valence-electron chi connectivity index (χ0n) is 14.7. The number of carbonyl (C=O) groups excluding carboxylic acids is 1. The minimum atomic E-state index is 0.0543. The van der Waals surface area contributed by atoms with Crippen LogP contribution >= 0.6 is 11.8 Å². The second-order valence-electron chi connectivity index (χ2n) is 5.92. The normalized spacial score (nSPS) is 10.5. The summed E-state index contributed by atoms with van der Waals surface area (Å²) in [5.41, 5.74) is 4.03. The summed E-state index contributed by atoms with van der Waals surface area (Å²) >= 11 is 1.72. The molecule has 0 fully saturated rings. The lowest BCUT2D eigenvalue weighted by Gasteiger charge is -2.07. The molecule has 0 aliphatic carbocycles. The fourth-order valence-corrected chi connectivity index (χ4v) is 3.00. The van der Waals surface area contributed by atoms with Crippen LogP contribution in [0, 0.1) is 0 Å². The zero-order valence-corrected chi connectivity index (χ0v) is 15.5. The number of nitrogens with zero attached hydrogens (tertiary/aromatic N) is 2. The molecule has 1 aromatic carbocycles. The van der Waals surface area contributed by atoms with Gasteiger partial charge in [-0.1, -0.05) is 12.1 Å². The van der Waals surface area contributed by atoms with Crippen molar-refractivity contribution < 1.29 is 4.79 Å². The molecule has 0 saturated heterocycles. The van der Waals surface area contributed by atoms with Crippen molar-refractivity contribution in [2.24, 2.45) is 0 Å². The summed E-state index contributed by atoms with van der Waals surface area (Å²) in [4.78, 5) is 21.9. The molecule has 0 bridgehead atoms. The van der Waals surface area contributed by atoms with Crippen LogP contribution in [-0.4, -0.2) is 22.1 Å². The van der Waals surface area contributed by atoms with Gasteiger partial charge < -0.3 is 5.32 Å². The summed E-state index contributed by atoms with van der Waals surface area (Å²) in [5, 5.41) is 2.98. The van der Waals surface area contributed by atoms with Crippen LogP contribution in [0.5, 0.6) is 0 Å². The summed E-state index contributed by atoms with van der Waals surface area (Å²) in [7, 11) is 0. The predicted octanol–water partition coefficient (Wildman–Crippen LogP) is 4.11. The van der Waals surface area contributed by atoms with Crippen molar-refractivity contribution in [3.63, 3.8) is 0 Å². The van der Waals surface area contributed by atoms with E-state index in [0.717, 1.165) is 23.2 Å². The molecule has 3 rings (SSSR count). The van der Waals surface area contributed by atoms with Gasteiger partial charge in [0, 0.05) is 42.0 Å². The van der Waals surface area contributed by atoms with E-state index >= 15 is 0 Å². The Morgan fingerprint density at radius 2 is 1.92 bits per heavy atom. The maximum atomic E-state index is 12.1. The fourth-order valence-electron chi connectivity index (χ4n) is 2.60. The zero-order chi connectivity index (χ0) is 18.2. The van der Waals surface area contributed by atoms with Crippen LogP contribution in [0.15, 0.2) is 72.0 Å². The third kappa shape index (κ3) is 5.17. The van der Waals surface area contributed by atoms with Gasteiger partial charge >= 0.3 is 0 Å². The van der Waals surface area contributed by atoms with Crippen molar-refractivity contribution in [1.29, 1.82) is 0 Å². The highest BCUT2D eigenvalue weighted by atomic mass is 32.2. The number of thioether (sulfide) groups is 1. The van der Waals surface area contributed by atoms with E-state index in [1.54, 1.807) is 30.4 Å². The Balaban J connectivity index is 1.51. The number of aromatic nitrogens is 2. The first-order valence-electron chi connectivity index (χ1n) is 8.49. The van der Waals surface area contributed by atoms with Gasteiger partial charge in [0.1, 0.15) is 0 Å². The first-order chi connectivity index (χ1) is 12.7. The van der Waals surface area contributed by atoms with Gasteiger partial charge in [-0.3, -0.25) is 14.8 Å². The van der Waals surface area contributed by atoms with Crippen LogP contribution in [-0.2, 0) is 17.8 Å². The smallest absolute Gasteiger partial charge is 0.220 e. The molecule has 2 aromatic heterocycles. The number of pyridine rings is 2. The van der Waals surface area contributed by atoms with Gasteiger partial charge in [-0.25, -0.2) is 0 Å². The average Bonchev–Trinajstić information content (AvgIpc) is 2.72. The SMILES string of the molecule is CSc1ccc(CCC(=O)NCc2ccnc(-c3cccnc3)c2)cc1.